The lowest BCUT2D eigenvalue weighted by molar-refractivity contribution is 0.189. The molecule has 0 spiro atoms. The van der Waals surface area contributed by atoms with Crippen LogP contribution in [0.3, 0.4) is 0 Å². The highest BCUT2D eigenvalue weighted by molar-refractivity contribution is 9.10. The van der Waals surface area contributed by atoms with E-state index >= 15 is 0 Å². The van der Waals surface area contributed by atoms with E-state index < -0.39 is 6.10 Å². The van der Waals surface area contributed by atoms with Crippen LogP contribution >= 0.6 is 15.9 Å². The third-order valence-electron chi connectivity index (χ3n) is 2.19. The minimum atomic E-state index is -0.594. The van der Waals surface area contributed by atoms with Crippen LogP contribution in [0.2, 0.25) is 0 Å². The molecule has 0 unspecified atom stereocenters. The highest BCUT2D eigenvalue weighted by atomic mass is 79.9. The summed E-state index contributed by atoms with van der Waals surface area (Å²) in [5, 5.41) is 13.3. The number of benzene rings is 1. The molecule has 0 fully saturated rings. The van der Waals surface area contributed by atoms with Crippen molar-refractivity contribution < 1.29 is 14.4 Å². The minimum Gasteiger partial charge on any atom is -0.485 e. The number of aliphatic hydroxyl groups is 1. The summed E-state index contributed by atoms with van der Waals surface area (Å²) in [5.74, 6) is 1.06. The third kappa shape index (κ3) is 3.04. The Morgan fingerprint density at radius 2 is 2.35 bits per heavy atom. The van der Waals surface area contributed by atoms with Crippen molar-refractivity contribution >= 4 is 15.9 Å². The van der Waals surface area contributed by atoms with Gasteiger partial charge < -0.3 is 14.4 Å². The highest BCUT2D eigenvalue weighted by Gasteiger charge is 2.10. The molecule has 1 aromatic heterocycles. The van der Waals surface area contributed by atoms with Crippen LogP contribution in [-0.2, 0) is 6.61 Å². The van der Waals surface area contributed by atoms with Crippen LogP contribution in [0.4, 0.5) is 0 Å². The molecule has 5 nitrogen and oxygen atoms in total. The maximum atomic E-state index is 9.61. The highest BCUT2D eigenvalue weighted by Crippen LogP contribution is 2.29. The van der Waals surface area contributed by atoms with E-state index in [2.05, 4.69) is 30.6 Å². The molecular weight excluding hydrogens is 288 g/mol. The number of nitrogens with zero attached hydrogens (tertiary/aromatic N) is 2. The summed E-state index contributed by atoms with van der Waals surface area (Å²) in [6, 6.07) is 5.45. The molecule has 17 heavy (non-hydrogen) atoms. The topological polar surface area (TPSA) is 68.4 Å². The largest absolute Gasteiger partial charge is 0.485 e. The van der Waals surface area contributed by atoms with E-state index in [4.69, 9.17) is 4.74 Å². The molecule has 1 heterocycles. The Morgan fingerprint density at radius 1 is 1.53 bits per heavy atom. The summed E-state index contributed by atoms with van der Waals surface area (Å²) in [6.45, 7) is 1.89. The summed E-state index contributed by atoms with van der Waals surface area (Å²) >= 11 is 3.35. The lowest BCUT2D eigenvalue weighted by Crippen LogP contribution is -2.02. The van der Waals surface area contributed by atoms with Crippen molar-refractivity contribution in [2.75, 3.05) is 0 Å². The normalized spacial score (nSPS) is 12.4. The van der Waals surface area contributed by atoms with Crippen molar-refractivity contribution in [2.24, 2.45) is 0 Å². The van der Waals surface area contributed by atoms with Gasteiger partial charge in [-0.15, -0.1) is 0 Å². The predicted molar refractivity (Wildman–Crippen MR) is 63.4 cm³/mol. The molecule has 0 saturated heterocycles. The van der Waals surface area contributed by atoms with E-state index in [1.54, 1.807) is 19.1 Å². The number of aromatic nitrogens is 2. The van der Waals surface area contributed by atoms with Gasteiger partial charge in [-0.25, -0.2) is 0 Å². The van der Waals surface area contributed by atoms with Crippen molar-refractivity contribution in [1.29, 1.82) is 0 Å². The van der Waals surface area contributed by atoms with E-state index in [9.17, 15) is 5.11 Å². The number of halogens is 1. The molecule has 0 saturated carbocycles. The second-order valence-corrected chi connectivity index (χ2v) is 4.41. The maximum absolute atomic E-state index is 9.61. The van der Waals surface area contributed by atoms with E-state index in [1.165, 1.54) is 6.39 Å². The molecule has 6 heteroatoms. The number of ether oxygens (including phenoxy) is 1. The monoisotopic (exact) mass is 298 g/mol. The molecule has 0 radical (unpaired) electrons. The van der Waals surface area contributed by atoms with E-state index in [1.807, 2.05) is 6.07 Å². The van der Waals surface area contributed by atoms with Crippen LogP contribution in [0.15, 0.2) is 33.6 Å². The number of aliphatic hydroxyl groups excluding tert-OH is 1. The SMILES string of the molecule is C[C@H](O)c1ccc(Br)cc1OCc1ncon1. The van der Waals surface area contributed by atoms with Gasteiger partial charge in [0.25, 0.3) is 0 Å². The van der Waals surface area contributed by atoms with E-state index in [0.717, 1.165) is 10.0 Å². The van der Waals surface area contributed by atoms with Gasteiger partial charge in [-0.1, -0.05) is 27.2 Å². The lowest BCUT2D eigenvalue weighted by Gasteiger charge is -2.12. The standard InChI is InChI=1S/C11H11BrN2O3/c1-7(15)9-3-2-8(12)4-10(9)16-5-11-13-6-17-14-11/h2-4,6-7,15H,5H2,1H3/t7-/m0/s1. The van der Waals surface area contributed by atoms with Crippen LogP contribution in [0, 0.1) is 0 Å². The fraction of sp³-hybridized carbons (Fsp3) is 0.273. The van der Waals surface area contributed by atoms with E-state index in [-0.39, 0.29) is 6.61 Å². The molecule has 0 aliphatic heterocycles. The van der Waals surface area contributed by atoms with Crippen LogP contribution in [-0.4, -0.2) is 15.2 Å². The number of rotatable bonds is 4. The number of hydrogen-bond donors (Lipinski definition) is 1. The van der Waals surface area contributed by atoms with Gasteiger partial charge in [-0.2, -0.15) is 4.98 Å². The molecule has 2 aromatic rings. The van der Waals surface area contributed by atoms with Gasteiger partial charge in [0.1, 0.15) is 5.75 Å². The average molecular weight is 299 g/mol. The molecule has 0 aliphatic carbocycles. The predicted octanol–water partition coefficient (Wildman–Crippen LogP) is 2.46. The van der Waals surface area contributed by atoms with Crippen LogP contribution < -0.4 is 4.74 Å². The Balaban J connectivity index is 2.16. The van der Waals surface area contributed by atoms with Gasteiger partial charge in [0.2, 0.25) is 12.2 Å². The summed E-state index contributed by atoms with van der Waals surface area (Å²) in [6.07, 6.45) is 0.651. The van der Waals surface area contributed by atoms with Crippen molar-refractivity contribution in [3.05, 3.63) is 40.5 Å². The van der Waals surface area contributed by atoms with Gasteiger partial charge >= 0.3 is 0 Å². The Bertz CT molecular complexity index is 485. The second kappa shape index (κ2) is 5.29. The van der Waals surface area contributed by atoms with Gasteiger partial charge in [-0.3, -0.25) is 0 Å². The van der Waals surface area contributed by atoms with Gasteiger partial charge in [0, 0.05) is 10.0 Å². The first kappa shape index (κ1) is 12.1. The molecule has 0 aliphatic rings. The molecule has 1 N–H and O–H groups in total. The molecule has 1 atom stereocenters. The zero-order valence-corrected chi connectivity index (χ0v) is 10.7. The molecule has 90 valence electrons. The molecule has 0 amide bonds. The van der Waals surface area contributed by atoms with Crippen molar-refractivity contribution in [3.8, 4) is 5.75 Å². The second-order valence-electron chi connectivity index (χ2n) is 3.49. The molecular formula is C11H11BrN2O3. The zero-order chi connectivity index (χ0) is 12.3. The van der Waals surface area contributed by atoms with Crippen molar-refractivity contribution in [3.63, 3.8) is 0 Å². The maximum Gasteiger partial charge on any atom is 0.213 e. The first-order chi connectivity index (χ1) is 8.16. The number of hydrogen-bond acceptors (Lipinski definition) is 5. The summed E-state index contributed by atoms with van der Waals surface area (Å²) in [4.78, 5) is 3.85. The average Bonchev–Trinajstić information content (AvgIpc) is 2.78. The Hall–Kier alpha value is -1.40. The Labute approximate surface area is 107 Å². The van der Waals surface area contributed by atoms with Crippen LogP contribution in [0.25, 0.3) is 0 Å². The first-order valence-corrected chi connectivity index (χ1v) is 5.81. The smallest absolute Gasteiger partial charge is 0.213 e. The quantitative estimate of drug-likeness (QED) is 0.939. The molecule has 2 rings (SSSR count). The van der Waals surface area contributed by atoms with Gasteiger partial charge in [0.15, 0.2) is 6.61 Å². The minimum absolute atomic E-state index is 0.201. The van der Waals surface area contributed by atoms with Crippen LogP contribution in [0.5, 0.6) is 5.75 Å². The Morgan fingerprint density at radius 3 is 3.00 bits per heavy atom. The summed E-state index contributed by atoms with van der Waals surface area (Å²) < 4.78 is 11.0. The molecule has 0 bridgehead atoms. The fourth-order valence-electron chi connectivity index (χ4n) is 1.38. The summed E-state index contributed by atoms with van der Waals surface area (Å²) in [7, 11) is 0. The molecule has 1 aromatic carbocycles. The first-order valence-electron chi connectivity index (χ1n) is 5.02. The van der Waals surface area contributed by atoms with Crippen molar-refractivity contribution in [2.45, 2.75) is 19.6 Å². The van der Waals surface area contributed by atoms with Crippen molar-refractivity contribution in [1.82, 2.24) is 10.1 Å². The van der Waals surface area contributed by atoms with E-state index in [0.29, 0.717) is 11.6 Å². The third-order valence-corrected chi connectivity index (χ3v) is 2.68. The van der Waals surface area contributed by atoms with Gasteiger partial charge in [-0.05, 0) is 19.1 Å². The van der Waals surface area contributed by atoms with Crippen LogP contribution in [0.1, 0.15) is 24.4 Å². The summed E-state index contributed by atoms with van der Waals surface area (Å²) in [5.41, 5.74) is 0.719. The zero-order valence-electron chi connectivity index (χ0n) is 9.13. The van der Waals surface area contributed by atoms with Gasteiger partial charge in [0.05, 0.1) is 6.10 Å². The Kier molecular flexibility index (Phi) is 3.75. The fourth-order valence-corrected chi connectivity index (χ4v) is 1.72. The lowest BCUT2D eigenvalue weighted by atomic mass is 10.1.